The van der Waals surface area contributed by atoms with Crippen molar-refractivity contribution in [3.8, 4) is 5.75 Å². The highest BCUT2D eigenvalue weighted by Gasteiger charge is 2.39. The van der Waals surface area contributed by atoms with Gasteiger partial charge in [0, 0.05) is 15.7 Å². The summed E-state index contributed by atoms with van der Waals surface area (Å²) in [4.78, 5) is 16.8. The van der Waals surface area contributed by atoms with Crippen LogP contribution in [0.2, 0.25) is 18.1 Å². The number of nitrogens with zero attached hydrogens (tertiary/aromatic N) is 1. The second-order valence-electron chi connectivity index (χ2n) is 10.1. The molecule has 3 nitrogen and oxygen atoms in total. The van der Waals surface area contributed by atoms with Crippen LogP contribution in [0.15, 0.2) is 59.5 Å². The number of piperidine rings is 1. The maximum absolute atomic E-state index is 13.1. The number of carbonyl (C=O) groups is 1. The van der Waals surface area contributed by atoms with Gasteiger partial charge in [0.25, 0.3) is 0 Å². The molecule has 0 spiro atoms. The van der Waals surface area contributed by atoms with Gasteiger partial charge in [-0.25, -0.2) is 0 Å². The molecule has 2 aromatic carbocycles. The molecule has 0 aliphatic carbocycles. The van der Waals surface area contributed by atoms with E-state index in [9.17, 15) is 4.79 Å². The van der Waals surface area contributed by atoms with Gasteiger partial charge in [-0.2, -0.15) is 0 Å². The SMILES string of the molecule is CC(C(=O)c1ccc(O[Si](C)(C)C(C)(C)C)cc1)N1CCC(Sc2ccccc2)CC1. The summed E-state index contributed by atoms with van der Waals surface area (Å²) in [6, 6.07) is 18.3. The molecule has 1 unspecified atom stereocenters. The molecule has 1 atom stereocenters. The third kappa shape index (κ3) is 6.24. The number of hydrogen-bond donors (Lipinski definition) is 0. The number of Topliss-reactive ketones (excluding diaryl/α,β-unsaturated/α-hetero) is 1. The van der Waals surface area contributed by atoms with Gasteiger partial charge in [0.1, 0.15) is 5.75 Å². The average molecular weight is 456 g/mol. The standard InChI is InChI=1S/C26H37NO2SSi/c1-20(27-18-16-24(17-19-27)30-23-10-8-7-9-11-23)25(28)21-12-14-22(15-13-21)29-31(5,6)26(2,3)4/h7-15,20,24H,16-19H2,1-6H3. The van der Waals surface area contributed by atoms with E-state index in [1.165, 1.54) is 4.90 Å². The highest BCUT2D eigenvalue weighted by atomic mass is 32.2. The van der Waals surface area contributed by atoms with Gasteiger partial charge in [-0.15, -0.1) is 11.8 Å². The van der Waals surface area contributed by atoms with Crippen LogP contribution in [-0.4, -0.2) is 43.4 Å². The Morgan fingerprint density at radius 2 is 1.61 bits per heavy atom. The summed E-state index contributed by atoms with van der Waals surface area (Å²) in [7, 11) is -1.87. The van der Waals surface area contributed by atoms with Gasteiger partial charge in [-0.1, -0.05) is 39.0 Å². The largest absolute Gasteiger partial charge is 0.544 e. The van der Waals surface area contributed by atoms with Crippen LogP contribution < -0.4 is 4.43 Å². The maximum Gasteiger partial charge on any atom is 0.250 e. The Morgan fingerprint density at radius 3 is 2.16 bits per heavy atom. The molecule has 1 fully saturated rings. The fourth-order valence-corrected chi connectivity index (χ4v) is 5.79. The lowest BCUT2D eigenvalue weighted by Crippen LogP contribution is -2.44. The molecule has 1 aliphatic rings. The summed E-state index contributed by atoms with van der Waals surface area (Å²) in [5.41, 5.74) is 0.774. The van der Waals surface area contributed by atoms with Crippen LogP contribution in [-0.2, 0) is 0 Å². The van der Waals surface area contributed by atoms with Crippen molar-refractivity contribution in [2.24, 2.45) is 0 Å². The van der Waals surface area contributed by atoms with Gasteiger partial charge >= 0.3 is 0 Å². The van der Waals surface area contributed by atoms with Crippen LogP contribution in [0.1, 0.15) is 50.9 Å². The molecule has 5 heteroatoms. The van der Waals surface area contributed by atoms with Gasteiger partial charge in [0.15, 0.2) is 5.78 Å². The summed E-state index contributed by atoms with van der Waals surface area (Å²) in [5.74, 6) is 1.07. The van der Waals surface area contributed by atoms with Crippen LogP contribution in [0, 0.1) is 0 Å². The number of carbonyl (C=O) groups excluding carboxylic acids is 1. The molecule has 0 bridgehead atoms. The van der Waals surface area contributed by atoms with E-state index in [0.717, 1.165) is 37.2 Å². The Balaban J connectivity index is 1.54. The van der Waals surface area contributed by atoms with Crippen molar-refractivity contribution < 1.29 is 9.22 Å². The molecule has 2 aromatic rings. The molecular weight excluding hydrogens is 418 g/mol. The maximum atomic E-state index is 13.1. The van der Waals surface area contributed by atoms with Crippen molar-refractivity contribution in [1.82, 2.24) is 4.90 Å². The number of thioether (sulfide) groups is 1. The lowest BCUT2D eigenvalue weighted by Gasteiger charge is -2.36. The molecule has 0 amide bonds. The normalized spacial score (nSPS) is 17.4. The van der Waals surface area contributed by atoms with Crippen molar-refractivity contribution in [2.75, 3.05) is 13.1 Å². The predicted octanol–water partition coefficient (Wildman–Crippen LogP) is 6.90. The zero-order valence-corrected chi connectivity index (χ0v) is 21.7. The lowest BCUT2D eigenvalue weighted by atomic mass is 10.0. The topological polar surface area (TPSA) is 29.5 Å². The first-order valence-corrected chi connectivity index (χ1v) is 15.1. The summed E-state index contributed by atoms with van der Waals surface area (Å²) < 4.78 is 6.35. The predicted molar refractivity (Wildman–Crippen MR) is 135 cm³/mol. The quantitative estimate of drug-likeness (QED) is 0.335. The second kappa shape index (κ2) is 9.93. The molecular formula is C26H37NO2SSi. The van der Waals surface area contributed by atoms with Gasteiger partial charge in [-0.05, 0) is 87.4 Å². The number of rotatable bonds is 7. The summed E-state index contributed by atoms with van der Waals surface area (Å²) in [6.45, 7) is 15.2. The van der Waals surface area contributed by atoms with Gasteiger partial charge in [-0.3, -0.25) is 9.69 Å². The van der Waals surface area contributed by atoms with Gasteiger partial charge in [0.05, 0.1) is 6.04 Å². The highest BCUT2D eigenvalue weighted by molar-refractivity contribution is 8.00. The zero-order chi connectivity index (χ0) is 22.6. The lowest BCUT2D eigenvalue weighted by molar-refractivity contribution is 0.0811. The zero-order valence-electron chi connectivity index (χ0n) is 19.9. The molecule has 0 radical (unpaired) electrons. The highest BCUT2D eigenvalue weighted by Crippen LogP contribution is 2.37. The van der Waals surface area contributed by atoms with Gasteiger partial charge < -0.3 is 4.43 Å². The van der Waals surface area contributed by atoms with Crippen LogP contribution >= 0.6 is 11.8 Å². The van der Waals surface area contributed by atoms with Gasteiger partial charge in [0.2, 0.25) is 8.32 Å². The number of likely N-dealkylation sites (tertiary alicyclic amines) is 1. The Bertz CT molecular complexity index is 853. The molecule has 0 saturated carbocycles. The molecule has 0 aromatic heterocycles. The fourth-order valence-electron chi connectivity index (χ4n) is 3.61. The number of ketones is 1. The van der Waals surface area contributed by atoms with Crippen LogP contribution in [0.3, 0.4) is 0 Å². The Hall–Kier alpha value is -1.56. The minimum absolute atomic E-state index is 0.0881. The summed E-state index contributed by atoms with van der Waals surface area (Å²) >= 11 is 1.97. The third-order valence-corrected chi connectivity index (χ3v) is 12.5. The van der Waals surface area contributed by atoms with Crippen molar-refractivity contribution >= 4 is 25.9 Å². The Labute approximate surface area is 193 Å². The van der Waals surface area contributed by atoms with Crippen LogP contribution in [0.4, 0.5) is 0 Å². The Kier molecular flexibility index (Phi) is 7.71. The number of benzene rings is 2. The van der Waals surface area contributed by atoms with Crippen LogP contribution in [0.25, 0.3) is 0 Å². The first kappa shape index (κ1) is 24.1. The molecule has 0 N–H and O–H groups in total. The third-order valence-electron chi connectivity index (χ3n) is 6.77. The van der Waals surface area contributed by atoms with E-state index in [2.05, 4.69) is 69.1 Å². The van der Waals surface area contributed by atoms with E-state index in [0.29, 0.717) is 5.25 Å². The van der Waals surface area contributed by atoms with Crippen molar-refractivity contribution in [3.05, 3.63) is 60.2 Å². The molecule has 1 aliphatic heterocycles. The van der Waals surface area contributed by atoms with E-state index in [4.69, 9.17) is 4.43 Å². The second-order valence-corrected chi connectivity index (χ2v) is 16.2. The fraction of sp³-hybridized carbons (Fsp3) is 0.500. The summed E-state index contributed by atoms with van der Waals surface area (Å²) in [6.07, 6.45) is 2.24. The molecule has 1 heterocycles. The molecule has 168 valence electrons. The minimum Gasteiger partial charge on any atom is -0.544 e. The van der Waals surface area contributed by atoms with E-state index >= 15 is 0 Å². The average Bonchev–Trinajstić information content (AvgIpc) is 2.73. The van der Waals surface area contributed by atoms with Crippen LogP contribution in [0.5, 0.6) is 5.75 Å². The summed E-state index contributed by atoms with van der Waals surface area (Å²) in [5, 5.41) is 0.786. The Morgan fingerprint density at radius 1 is 1.03 bits per heavy atom. The molecule has 3 rings (SSSR count). The van der Waals surface area contributed by atoms with Crippen molar-refractivity contribution in [3.63, 3.8) is 0 Å². The van der Waals surface area contributed by atoms with E-state index in [1.54, 1.807) is 0 Å². The first-order valence-electron chi connectivity index (χ1n) is 11.4. The molecule has 31 heavy (non-hydrogen) atoms. The van der Waals surface area contributed by atoms with E-state index < -0.39 is 8.32 Å². The van der Waals surface area contributed by atoms with E-state index in [1.807, 2.05) is 43.0 Å². The monoisotopic (exact) mass is 455 g/mol. The van der Waals surface area contributed by atoms with E-state index in [-0.39, 0.29) is 16.9 Å². The van der Waals surface area contributed by atoms with Crippen molar-refractivity contribution in [1.29, 1.82) is 0 Å². The first-order chi connectivity index (χ1) is 14.6. The van der Waals surface area contributed by atoms with Crippen molar-refractivity contribution in [2.45, 2.75) is 74.9 Å². The number of hydrogen-bond acceptors (Lipinski definition) is 4. The molecule has 1 saturated heterocycles. The minimum atomic E-state index is -1.87. The smallest absolute Gasteiger partial charge is 0.250 e.